The zero-order valence-corrected chi connectivity index (χ0v) is 9.88. The number of aromatic nitrogens is 1. The van der Waals surface area contributed by atoms with Gasteiger partial charge in [-0.25, -0.2) is 4.98 Å². The molecule has 0 amide bonds. The second-order valence-electron chi connectivity index (χ2n) is 2.82. The topological polar surface area (TPSA) is 50.2 Å². The summed E-state index contributed by atoms with van der Waals surface area (Å²) in [4.78, 5) is 15.4. The third-order valence-electron chi connectivity index (χ3n) is 1.89. The highest BCUT2D eigenvalue weighted by Crippen LogP contribution is 2.36. The number of benzene rings is 1. The van der Waals surface area contributed by atoms with Crippen molar-refractivity contribution in [2.75, 3.05) is 0 Å². The van der Waals surface area contributed by atoms with Crippen LogP contribution in [0.5, 0.6) is 5.75 Å². The average molecular weight is 284 g/mol. The van der Waals surface area contributed by atoms with E-state index < -0.39 is 0 Å². The molecule has 0 atom stereocenters. The van der Waals surface area contributed by atoms with E-state index in [0.29, 0.717) is 26.3 Å². The van der Waals surface area contributed by atoms with Crippen molar-refractivity contribution in [1.29, 1.82) is 0 Å². The first-order valence-electron chi connectivity index (χ1n) is 4.12. The highest BCUT2D eigenvalue weighted by Gasteiger charge is 2.13. The van der Waals surface area contributed by atoms with E-state index in [1.807, 2.05) is 0 Å². The molecular formula is C10H6BrNO2S. The average Bonchev–Trinajstić information content (AvgIpc) is 2.60. The summed E-state index contributed by atoms with van der Waals surface area (Å²) in [5.74, 6) is 0.150. The Morgan fingerprint density at radius 1 is 1.40 bits per heavy atom. The van der Waals surface area contributed by atoms with Crippen LogP contribution in [0.2, 0.25) is 0 Å². The highest BCUT2D eigenvalue weighted by atomic mass is 79.9. The second kappa shape index (κ2) is 4.12. The number of rotatable bonds is 2. The fourth-order valence-electron chi connectivity index (χ4n) is 1.24. The molecule has 1 N–H and O–H groups in total. The number of hydrogen-bond donors (Lipinski definition) is 1. The van der Waals surface area contributed by atoms with Crippen LogP contribution >= 0.6 is 27.3 Å². The fraction of sp³-hybridized carbons (Fsp3) is 0. The van der Waals surface area contributed by atoms with Gasteiger partial charge in [-0.3, -0.25) is 4.79 Å². The first-order valence-corrected chi connectivity index (χ1v) is 5.73. The predicted octanol–water partition coefficient (Wildman–Crippen LogP) is 3.09. The Kier molecular flexibility index (Phi) is 2.83. The maximum absolute atomic E-state index is 10.8. The van der Waals surface area contributed by atoms with E-state index in [9.17, 15) is 9.90 Å². The first kappa shape index (κ1) is 10.3. The molecule has 1 heterocycles. The Morgan fingerprint density at radius 2 is 2.13 bits per heavy atom. The van der Waals surface area contributed by atoms with E-state index in [-0.39, 0.29) is 5.75 Å². The third kappa shape index (κ3) is 1.93. The molecule has 0 aliphatic rings. The molecule has 1 aromatic carbocycles. The van der Waals surface area contributed by atoms with Gasteiger partial charge in [0.25, 0.3) is 0 Å². The lowest BCUT2D eigenvalue weighted by atomic mass is 10.1. The lowest BCUT2D eigenvalue weighted by molar-refractivity contribution is 0.112. The standard InChI is InChI=1S/C10H6BrNO2S/c11-10-12-7(5-13)9(15-10)6-3-1-2-4-8(6)14/h1-5,14H. The van der Waals surface area contributed by atoms with Crippen LogP contribution in [0.4, 0.5) is 0 Å². The van der Waals surface area contributed by atoms with Gasteiger partial charge in [-0.1, -0.05) is 12.1 Å². The summed E-state index contributed by atoms with van der Waals surface area (Å²) in [5, 5.41) is 9.64. The van der Waals surface area contributed by atoms with Crippen molar-refractivity contribution in [3.8, 4) is 16.2 Å². The molecule has 76 valence electrons. The summed E-state index contributed by atoms with van der Waals surface area (Å²) in [5.41, 5.74) is 0.969. The summed E-state index contributed by atoms with van der Waals surface area (Å²) in [6, 6.07) is 6.87. The molecule has 15 heavy (non-hydrogen) atoms. The molecule has 0 fully saturated rings. The summed E-state index contributed by atoms with van der Waals surface area (Å²) in [7, 11) is 0. The van der Waals surface area contributed by atoms with Gasteiger partial charge in [-0.05, 0) is 28.1 Å². The number of phenols is 1. The minimum Gasteiger partial charge on any atom is -0.507 e. The van der Waals surface area contributed by atoms with Gasteiger partial charge in [0, 0.05) is 5.56 Å². The Morgan fingerprint density at radius 3 is 2.80 bits per heavy atom. The summed E-state index contributed by atoms with van der Waals surface area (Å²) in [6.45, 7) is 0. The van der Waals surface area contributed by atoms with Crippen molar-refractivity contribution < 1.29 is 9.90 Å². The second-order valence-corrected chi connectivity index (χ2v) is 5.09. The smallest absolute Gasteiger partial charge is 0.169 e. The van der Waals surface area contributed by atoms with Crippen LogP contribution in [-0.4, -0.2) is 16.4 Å². The third-order valence-corrected chi connectivity index (χ3v) is 3.44. The zero-order valence-electron chi connectivity index (χ0n) is 7.48. The van der Waals surface area contributed by atoms with E-state index in [4.69, 9.17) is 0 Å². The Labute approximate surface area is 98.5 Å². The largest absolute Gasteiger partial charge is 0.507 e. The summed E-state index contributed by atoms with van der Waals surface area (Å²) < 4.78 is 0.628. The van der Waals surface area contributed by atoms with Crippen LogP contribution in [0.1, 0.15) is 10.5 Å². The number of hydrogen-bond acceptors (Lipinski definition) is 4. The van der Waals surface area contributed by atoms with Crippen LogP contribution in [0.3, 0.4) is 0 Å². The number of nitrogens with zero attached hydrogens (tertiary/aromatic N) is 1. The van der Waals surface area contributed by atoms with Crippen LogP contribution in [0, 0.1) is 0 Å². The molecule has 0 saturated heterocycles. The van der Waals surface area contributed by atoms with Crippen molar-refractivity contribution in [3.05, 3.63) is 33.9 Å². The van der Waals surface area contributed by atoms with Gasteiger partial charge in [0.1, 0.15) is 11.4 Å². The maximum atomic E-state index is 10.8. The normalized spacial score (nSPS) is 10.2. The molecular weight excluding hydrogens is 278 g/mol. The van der Waals surface area contributed by atoms with Gasteiger partial charge in [0.2, 0.25) is 0 Å². The highest BCUT2D eigenvalue weighted by molar-refractivity contribution is 9.11. The lowest BCUT2D eigenvalue weighted by Crippen LogP contribution is -1.83. The number of phenolic OH excluding ortho intramolecular Hbond substituents is 1. The molecule has 0 saturated carbocycles. The number of carbonyl (C=O) groups excluding carboxylic acids is 1. The minimum absolute atomic E-state index is 0.150. The van der Waals surface area contributed by atoms with Crippen LogP contribution in [0.25, 0.3) is 10.4 Å². The van der Waals surface area contributed by atoms with Crippen LogP contribution in [0.15, 0.2) is 28.2 Å². The van der Waals surface area contributed by atoms with Gasteiger partial charge in [0.05, 0.1) is 4.88 Å². The Bertz CT molecular complexity index is 510. The van der Waals surface area contributed by atoms with Gasteiger partial charge in [-0.2, -0.15) is 0 Å². The number of aldehydes is 1. The fourth-order valence-corrected chi connectivity index (χ4v) is 2.71. The van der Waals surface area contributed by atoms with Gasteiger partial charge < -0.3 is 5.11 Å². The van der Waals surface area contributed by atoms with E-state index >= 15 is 0 Å². The van der Waals surface area contributed by atoms with Crippen LogP contribution in [-0.2, 0) is 0 Å². The van der Waals surface area contributed by atoms with E-state index in [1.165, 1.54) is 11.3 Å². The Hall–Kier alpha value is -1.20. The molecule has 0 bridgehead atoms. The first-order chi connectivity index (χ1) is 7.22. The van der Waals surface area contributed by atoms with Gasteiger partial charge >= 0.3 is 0 Å². The van der Waals surface area contributed by atoms with Gasteiger partial charge in [0.15, 0.2) is 10.2 Å². The predicted molar refractivity (Wildman–Crippen MR) is 62.3 cm³/mol. The van der Waals surface area contributed by atoms with E-state index in [0.717, 1.165) is 0 Å². The molecule has 2 rings (SSSR count). The SMILES string of the molecule is O=Cc1nc(Br)sc1-c1ccccc1O. The molecule has 0 aliphatic carbocycles. The molecule has 5 heteroatoms. The van der Waals surface area contributed by atoms with Crippen molar-refractivity contribution >= 4 is 33.6 Å². The minimum atomic E-state index is 0.150. The molecule has 0 spiro atoms. The van der Waals surface area contributed by atoms with E-state index in [2.05, 4.69) is 20.9 Å². The molecule has 0 radical (unpaired) electrons. The molecule has 3 nitrogen and oxygen atoms in total. The zero-order chi connectivity index (χ0) is 10.8. The number of aromatic hydroxyl groups is 1. The monoisotopic (exact) mass is 283 g/mol. The molecule has 0 aliphatic heterocycles. The van der Waals surface area contributed by atoms with Crippen molar-refractivity contribution in [1.82, 2.24) is 4.98 Å². The number of carbonyl (C=O) groups is 1. The molecule has 0 unspecified atom stereocenters. The summed E-state index contributed by atoms with van der Waals surface area (Å²) >= 11 is 4.53. The van der Waals surface area contributed by atoms with Crippen LogP contribution < -0.4 is 0 Å². The van der Waals surface area contributed by atoms with Crippen molar-refractivity contribution in [2.24, 2.45) is 0 Å². The Balaban J connectivity index is 2.63. The lowest BCUT2D eigenvalue weighted by Gasteiger charge is -2.00. The number of para-hydroxylation sites is 1. The summed E-state index contributed by atoms with van der Waals surface area (Å²) in [6.07, 6.45) is 0.684. The number of thiazole rings is 1. The molecule has 2 aromatic rings. The van der Waals surface area contributed by atoms with E-state index in [1.54, 1.807) is 24.3 Å². The van der Waals surface area contributed by atoms with Crippen molar-refractivity contribution in [2.45, 2.75) is 0 Å². The van der Waals surface area contributed by atoms with Gasteiger partial charge in [-0.15, -0.1) is 11.3 Å². The number of halogens is 1. The molecule has 1 aromatic heterocycles. The van der Waals surface area contributed by atoms with Crippen molar-refractivity contribution in [3.63, 3.8) is 0 Å². The maximum Gasteiger partial charge on any atom is 0.169 e. The quantitative estimate of drug-likeness (QED) is 0.862.